The van der Waals surface area contributed by atoms with E-state index in [0.717, 1.165) is 6.54 Å². The van der Waals surface area contributed by atoms with Gasteiger partial charge in [0.2, 0.25) is 5.91 Å². The van der Waals surface area contributed by atoms with Gasteiger partial charge in [-0.2, -0.15) is 0 Å². The standard InChI is InChI=1S/C15H23FN2O2/c1-5-17-15(2,3)14(19)18(4)10-11-20-13-9-7-6-8-12(13)16/h6-9,17H,5,10-11H2,1-4H3. The van der Waals surface area contributed by atoms with Crippen molar-refractivity contribution in [1.82, 2.24) is 10.2 Å². The van der Waals surface area contributed by atoms with Crippen LogP contribution in [0.2, 0.25) is 0 Å². The van der Waals surface area contributed by atoms with Crippen molar-refractivity contribution in [2.24, 2.45) is 0 Å². The summed E-state index contributed by atoms with van der Waals surface area (Å²) in [5.74, 6) is -0.203. The number of likely N-dealkylation sites (N-methyl/N-ethyl adjacent to an activating group) is 2. The minimum Gasteiger partial charge on any atom is -0.489 e. The molecule has 1 aromatic carbocycles. The molecule has 0 radical (unpaired) electrons. The van der Waals surface area contributed by atoms with Crippen LogP contribution in [0.3, 0.4) is 0 Å². The van der Waals surface area contributed by atoms with Crippen LogP contribution in [-0.4, -0.2) is 43.1 Å². The number of nitrogens with zero attached hydrogens (tertiary/aromatic N) is 1. The Labute approximate surface area is 119 Å². The fraction of sp³-hybridized carbons (Fsp3) is 0.533. The highest BCUT2D eigenvalue weighted by Gasteiger charge is 2.29. The summed E-state index contributed by atoms with van der Waals surface area (Å²) in [6, 6.07) is 6.23. The first-order valence-electron chi connectivity index (χ1n) is 6.76. The van der Waals surface area contributed by atoms with Gasteiger partial charge in [0.05, 0.1) is 12.1 Å². The molecular weight excluding hydrogens is 259 g/mol. The van der Waals surface area contributed by atoms with Crippen LogP contribution in [0.1, 0.15) is 20.8 Å². The molecule has 0 unspecified atom stereocenters. The van der Waals surface area contributed by atoms with Crippen molar-refractivity contribution >= 4 is 5.91 Å². The number of carbonyl (C=O) groups is 1. The molecule has 112 valence electrons. The molecule has 0 saturated heterocycles. The first kappa shape index (κ1) is 16.4. The molecule has 1 aromatic rings. The third-order valence-electron chi connectivity index (χ3n) is 3.02. The molecule has 0 fully saturated rings. The number of rotatable bonds is 7. The number of halogens is 1. The molecule has 1 rings (SSSR count). The maximum Gasteiger partial charge on any atom is 0.242 e. The van der Waals surface area contributed by atoms with Gasteiger partial charge in [-0.05, 0) is 32.5 Å². The Morgan fingerprint density at radius 3 is 2.65 bits per heavy atom. The molecule has 1 N–H and O–H groups in total. The first-order chi connectivity index (χ1) is 9.38. The van der Waals surface area contributed by atoms with Crippen LogP contribution in [-0.2, 0) is 4.79 Å². The average molecular weight is 282 g/mol. The lowest BCUT2D eigenvalue weighted by Gasteiger charge is -2.30. The zero-order chi connectivity index (χ0) is 15.2. The predicted molar refractivity (Wildman–Crippen MR) is 77.3 cm³/mol. The van der Waals surface area contributed by atoms with E-state index in [1.54, 1.807) is 30.1 Å². The molecule has 0 saturated carbocycles. The van der Waals surface area contributed by atoms with Crippen molar-refractivity contribution in [3.63, 3.8) is 0 Å². The van der Waals surface area contributed by atoms with Crippen molar-refractivity contribution in [1.29, 1.82) is 0 Å². The number of nitrogens with one attached hydrogen (secondary N) is 1. The van der Waals surface area contributed by atoms with Crippen LogP contribution in [0.25, 0.3) is 0 Å². The van der Waals surface area contributed by atoms with Crippen molar-refractivity contribution < 1.29 is 13.9 Å². The van der Waals surface area contributed by atoms with Gasteiger partial charge in [-0.3, -0.25) is 4.79 Å². The Morgan fingerprint density at radius 1 is 1.40 bits per heavy atom. The van der Waals surface area contributed by atoms with E-state index in [4.69, 9.17) is 4.74 Å². The van der Waals surface area contributed by atoms with Crippen LogP contribution in [0.5, 0.6) is 5.75 Å². The summed E-state index contributed by atoms with van der Waals surface area (Å²) < 4.78 is 18.7. The van der Waals surface area contributed by atoms with Gasteiger partial charge < -0.3 is 15.0 Å². The minimum atomic E-state index is -0.610. The van der Waals surface area contributed by atoms with Crippen molar-refractivity contribution in [2.75, 3.05) is 26.7 Å². The lowest BCUT2D eigenvalue weighted by Crippen LogP contribution is -2.53. The second-order valence-electron chi connectivity index (χ2n) is 5.16. The lowest BCUT2D eigenvalue weighted by molar-refractivity contribution is -0.136. The monoisotopic (exact) mass is 282 g/mol. The van der Waals surface area contributed by atoms with Crippen LogP contribution in [0.15, 0.2) is 24.3 Å². The second-order valence-corrected chi connectivity index (χ2v) is 5.16. The van der Waals surface area contributed by atoms with Crippen molar-refractivity contribution in [2.45, 2.75) is 26.3 Å². The first-order valence-corrected chi connectivity index (χ1v) is 6.76. The fourth-order valence-corrected chi connectivity index (χ4v) is 1.95. The van der Waals surface area contributed by atoms with Gasteiger partial charge >= 0.3 is 0 Å². The summed E-state index contributed by atoms with van der Waals surface area (Å²) in [4.78, 5) is 13.8. The van der Waals surface area contributed by atoms with Gasteiger partial charge in [-0.25, -0.2) is 4.39 Å². The highest BCUT2D eigenvalue weighted by atomic mass is 19.1. The molecule has 20 heavy (non-hydrogen) atoms. The van der Waals surface area contributed by atoms with Crippen molar-refractivity contribution in [3.8, 4) is 5.75 Å². The van der Waals surface area contributed by atoms with Crippen molar-refractivity contribution in [3.05, 3.63) is 30.1 Å². The quantitative estimate of drug-likeness (QED) is 0.832. The molecule has 0 spiro atoms. The van der Waals surface area contributed by atoms with E-state index in [2.05, 4.69) is 5.32 Å². The Morgan fingerprint density at radius 2 is 2.05 bits per heavy atom. The van der Waals surface area contributed by atoms with Crippen LogP contribution >= 0.6 is 0 Å². The van der Waals surface area contributed by atoms with E-state index < -0.39 is 11.4 Å². The molecule has 5 heteroatoms. The number of amides is 1. The largest absolute Gasteiger partial charge is 0.489 e. The Balaban J connectivity index is 2.46. The number of carbonyl (C=O) groups excluding carboxylic acids is 1. The Kier molecular flexibility index (Phi) is 5.95. The van der Waals surface area contributed by atoms with Crippen LogP contribution in [0, 0.1) is 5.82 Å². The summed E-state index contributed by atoms with van der Waals surface area (Å²) >= 11 is 0. The Bertz CT molecular complexity index is 449. The number of para-hydroxylation sites is 1. The second kappa shape index (κ2) is 7.24. The summed E-state index contributed by atoms with van der Waals surface area (Å²) in [7, 11) is 1.71. The maximum absolute atomic E-state index is 13.3. The fourth-order valence-electron chi connectivity index (χ4n) is 1.95. The minimum absolute atomic E-state index is 0.0171. The van der Waals surface area contributed by atoms with E-state index in [0.29, 0.717) is 6.54 Å². The SMILES string of the molecule is CCNC(C)(C)C(=O)N(C)CCOc1ccccc1F. The van der Waals surface area contributed by atoms with Gasteiger partial charge in [0, 0.05) is 7.05 Å². The topological polar surface area (TPSA) is 41.6 Å². The van der Waals surface area contributed by atoms with E-state index >= 15 is 0 Å². The molecule has 0 atom stereocenters. The van der Waals surface area contributed by atoms with Crippen LogP contribution < -0.4 is 10.1 Å². The van der Waals surface area contributed by atoms with Gasteiger partial charge in [-0.15, -0.1) is 0 Å². The van der Waals surface area contributed by atoms with E-state index in [1.807, 2.05) is 20.8 Å². The number of benzene rings is 1. The average Bonchev–Trinajstić information content (AvgIpc) is 2.40. The molecule has 0 aromatic heterocycles. The Hall–Kier alpha value is -1.62. The maximum atomic E-state index is 13.3. The van der Waals surface area contributed by atoms with E-state index in [1.165, 1.54) is 6.07 Å². The normalized spacial score (nSPS) is 11.2. The lowest BCUT2D eigenvalue weighted by atomic mass is 10.0. The smallest absolute Gasteiger partial charge is 0.242 e. The van der Waals surface area contributed by atoms with Gasteiger partial charge in [-0.1, -0.05) is 19.1 Å². The highest BCUT2D eigenvalue weighted by molar-refractivity contribution is 5.85. The summed E-state index contributed by atoms with van der Waals surface area (Å²) in [6.07, 6.45) is 0. The zero-order valence-corrected chi connectivity index (χ0v) is 12.6. The summed E-state index contributed by atoms with van der Waals surface area (Å²) in [5, 5.41) is 3.13. The third kappa shape index (κ3) is 4.49. The summed E-state index contributed by atoms with van der Waals surface area (Å²) in [5.41, 5.74) is -0.610. The van der Waals surface area contributed by atoms with Gasteiger partial charge in [0.1, 0.15) is 6.61 Å². The van der Waals surface area contributed by atoms with Gasteiger partial charge in [0.15, 0.2) is 11.6 Å². The zero-order valence-electron chi connectivity index (χ0n) is 12.6. The predicted octanol–water partition coefficient (Wildman–Crippen LogP) is 2.05. The number of hydrogen-bond donors (Lipinski definition) is 1. The molecule has 0 aliphatic rings. The van der Waals surface area contributed by atoms with E-state index in [9.17, 15) is 9.18 Å². The van der Waals surface area contributed by atoms with Crippen LogP contribution in [0.4, 0.5) is 4.39 Å². The summed E-state index contributed by atoms with van der Waals surface area (Å²) in [6.45, 7) is 7.02. The molecule has 0 aliphatic heterocycles. The van der Waals surface area contributed by atoms with Gasteiger partial charge in [0.25, 0.3) is 0 Å². The molecule has 4 nitrogen and oxygen atoms in total. The highest BCUT2D eigenvalue weighted by Crippen LogP contribution is 2.15. The number of hydrogen-bond acceptors (Lipinski definition) is 3. The molecule has 0 aliphatic carbocycles. The molecule has 1 amide bonds. The van der Waals surface area contributed by atoms with E-state index in [-0.39, 0.29) is 18.3 Å². The third-order valence-corrected chi connectivity index (χ3v) is 3.02. The molecular formula is C15H23FN2O2. The number of ether oxygens (including phenoxy) is 1. The molecule has 0 bridgehead atoms. The molecule has 0 heterocycles.